The van der Waals surface area contributed by atoms with Crippen LogP contribution in [0.3, 0.4) is 0 Å². The van der Waals surface area contributed by atoms with Crippen LogP contribution in [-0.4, -0.2) is 25.6 Å². The quantitative estimate of drug-likeness (QED) is 0.167. The number of thiophene rings is 1. The van der Waals surface area contributed by atoms with Gasteiger partial charge in [-0.1, -0.05) is 54.6 Å². The minimum atomic E-state index is -0.470. The van der Waals surface area contributed by atoms with Crippen molar-refractivity contribution >= 4 is 34.3 Å². The highest BCUT2D eigenvalue weighted by Gasteiger charge is 2.22. The number of anilines is 1. The lowest BCUT2D eigenvalue weighted by atomic mass is 9.99. The van der Waals surface area contributed by atoms with Crippen molar-refractivity contribution < 1.29 is 23.8 Å². The number of aryl methyl sites for hydroxylation is 2. The molecule has 0 spiro atoms. The van der Waals surface area contributed by atoms with Crippen LogP contribution in [0.4, 0.5) is 5.00 Å². The van der Waals surface area contributed by atoms with Gasteiger partial charge in [-0.2, -0.15) is 0 Å². The average molecular weight is 542 g/mol. The maximum atomic E-state index is 12.9. The molecule has 1 N–H and O–H groups in total. The van der Waals surface area contributed by atoms with Gasteiger partial charge in [-0.15, -0.1) is 11.3 Å². The minimum absolute atomic E-state index is 0.237. The summed E-state index contributed by atoms with van der Waals surface area (Å²) in [5.41, 5.74) is 6.09. The van der Waals surface area contributed by atoms with Crippen molar-refractivity contribution in [1.29, 1.82) is 0 Å². The Kier molecular flexibility index (Phi) is 9.18. The molecule has 0 bridgehead atoms. The molecule has 39 heavy (non-hydrogen) atoms. The third-order valence-corrected chi connectivity index (χ3v) is 7.07. The minimum Gasteiger partial charge on any atom is -0.493 e. The Morgan fingerprint density at radius 2 is 1.74 bits per heavy atom. The maximum absolute atomic E-state index is 12.9. The second kappa shape index (κ2) is 12.9. The Morgan fingerprint density at radius 1 is 0.949 bits per heavy atom. The monoisotopic (exact) mass is 541 g/mol. The second-order valence-corrected chi connectivity index (χ2v) is 9.76. The Labute approximate surface area is 232 Å². The summed E-state index contributed by atoms with van der Waals surface area (Å²) in [6.45, 7) is 6.48. The maximum Gasteiger partial charge on any atom is 0.341 e. The van der Waals surface area contributed by atoms with Crippen LogP contribution in [0, 0.1) is 13.8 Å². The van der Waals surface area contributed by atoms with E-state index in [1.54, 1.807) is 26.2 Å². The highest BCUT2D eigenvalue weighted by molar-refractivity contribution is 7.15. The molecule has 6 nitrogen and oxygen atoms in total. The predicted octanol–water partition coefficient (Wildman–Crippen LogP) is 7.45. The highest BCUT2D eigenvalue weighted by Crippen LogP contribution is 2.37. The topological polar surface area (TPSA) is 73.9 Å². The first-order valence-electron chi connectivity index (χ1n) is 12.6. The molecule has 0 saturated carbocycles. The number of methoxy groups -OCH3 is 1. The molecule has 200 valence electrons. The summed E-state index contributed by atoms with van der Waals surface area (Å²) in [6.07, 6.45) is 3.10. The molecule has 0 unspecified atom stereocenters. The molecule has 1 amide bonds. The molecule has 1 heterocycles. The van der Waals surface area contributed by atoms with Gasteiger partial charge >= 0.3 is 5.97 Å². The van der Waals surface area contributed by atoms with E-state index in [9.17, 15) is 9.59 Å². The van der Waals surface area contributed by atoms with Gasteiger partial charge in [0, 0.05) is 17.0 Å². The third kappa shape index (κ3) is 6.94. The fourth-order valence-corrected chi connectivity index (χ4v) is 4.91. The van der Waals surface area contributed by atoms with Gasteiger partial charge in [-0.25, -0.2) is 4.79 Å². The van der Waals surface area contributed by atoms with Gasteiger partial charge < -0.3 is 19.5 Å². The molecule has 4 aromatic rings. The van der Waals surface area contributed by atoms with Crippen molar-refractivity contribution in [3.63, 3.8) is 0 Å². The SMILES string of the molecule is CCOC(=O)c1c(-c2ccc(C)c(C)c2)csc1NC(=O)/C=C/c1ccc(OCc2ccccc2)c(OC)c1. The third-order valence-electron chi connectivity index (χ3n) is 6.18. The number of hydrogen-bond donors (Lipinski definition) is 1. The highest BCUT2D eigenvalue weighted by atomic mass is 32.1. The van der Waals surface area contributed by atoms with E-state index in [2.05, 4.69) is 5.32 Å². The second-order valence-electron chi connectivity index (χ2n) is 8.88. The fourth-order valence-electron chi connectivity index (χ4n) is 3.95. The number of benzene rings is 3. The first-order valence-corrected chi connectivity index (χ1v) is 13.5. The van der Waals surface area contributed by atoms with E-state index in [0.717, 1.165) is 33.4 Å². The first kappa shape index (κ1) is 27.7. The van der Waals surface area contributed by atoms with E-state index in [1.807, 2.05) is 79.9 Å². The average Bonchev–Trinajstić information content (AvgIpc) is 3.36. The summed E-state index contributed by atoms with van der Waals surface area (Å²) < 4.78 is 16.7. The lowest BCUT2D eigenvalue weighted by Crippen LogP contribution is -2.12. The summed E-state index contributed by atoms with van der Waals surface area (Å²) in [5.74, 6) is 0.341. The van der Waals surface area contributed by atoms with Crippen molar-refractivity contribution in [2.24, 2.45) is 0 Å². The van der Waals surface area contributed by atoms with Crippen molar-refractivity contribution in [1.82, 2.24) is 0 Å². The number of esters is 1. The van der Waals surface area contributed by atoms with E-state index in [4.69, 9.17) is 14.2 Å². The zero-order valence-corrected chi connectivity index (χ0v) is 23.3. The van der Waals surface area contributed by atoms with Crippen molar-refractivity contribution in [3.8, 4) is 22.6 Å². The van der Waals surface area contributed by atoms with Gasteiger partial charge in [-0.3, -0.25) is 4.79 Å². The van der Waals surface area contributed by atoms with Crippen molar-refractivity contribution in [3.05, 3.63) is 106 Å². The summed E-state index contributed by atoms with van der Waals surface area (Å²) in [5, 5.41) is 5.16. The normalized spacial score (nSPS) is 10.9. The summed E-state index contributed by atoms with van der Waals surface area (Å²) in [6, 6.07) is 21.4. The molecule has 0 saturated heterocycles. The van der Waals surface area contributed by atoms with E-state index >= 15 is 0 Å². The number of nitrogens with one attached hydrogen (secondary N) is 1. The van der Waals surface area contributed by atoms with Gasteiger partial charge in [0.15, 0.2) is 11.5 Å². The van der Waals surface area contributed by atoms with Gasteiger partial charge in [0.25, 0.3) is 0 Å². The summed E-state index contributed by atoms with van der Waals surface area (Å²) >= 11 is 1.29. The number of carbonyl (C=O) groups excluding carboxylic acids is 2. The Balaban J connectivity index is 1.50. The lowest BCUT2D eigenvalue weighted by Gasteiger charge is -2.11. The molecule has 7 heteroatoms. The predicted molar refractivity (Wildman–Crippen MR) is 157 cm³/mol. The van der Waals surface area contributed by atoms with Crippen LogP contribution in [0.15, 0.2) is 78.2 Å². The van der Waals surface area contributed by atoms with Crippen LogP contribution in [0.2, 0.25) is 0 Å². The van der Waals surface area contributed by atoms with Crippen LogP contribution < -0.4 is 14.8 Å². The molecule has 4 rings (SSSR count). The molecular weight excluding hydrogens is 510 g/mol. The van der Waals surface area contributed by atoms with Crippen LogP contribution >= 0.6 is 11.3 Å². The zero-order valence-electron chi connectivity index (χ0n) is 22.4. The van der Waals surface area contributed by atoms with Gasteiger partial charge in [-0.05, 0) is 66.8 Å². The molecule has 0 aliphatic rings. The largest absolute Gasteiger partial charge is 0.493 e. The molecule has 0 radical (unpaired) electrons. The summed E-state index contributed by atoms with van der Waals surface area (Å²) in [7, 11) is 1.58. The van der Waals surface area contributed by atoms with Gasteiger partial charge in [0.05, 0.1) is 13.7 Å². The van der Waals surface area contributed by atoms with Crippen LogP contribution in [0.5, 0.6) is 11.5 Å². The van der Waals surface area contributed by atoms with Crippen LogP contribution in [0.1, 0.15) is 39.5 Å². The molecule has 0 fully saturated rings. The Hall–Kier alpha value is -4.36. The van der Waals surface area contributed by atoms with E-state index in [0.29, 0.717) is 28.7 Å². The Bertz CT molecular complexity index is 1490. The molecule has 0 aliphatic heterocycles. The van der Waals surface area contributed by atoms with Crippen LogP contribution in [0.25, 0.3) is 17.2 Å². The smallest absolute Gasteiger partial charge is 0.341 e. The zero-order chi connectivity index (χ0) is 27.8. The number of hydrogen-bond acceptors (Lipinski definition) is 6. The van der Waals surface area contributed by atoms with Gasteiger partial charge in [0.2, 0.25) is 5.91 Å². The number of rotatable bonds is 10. The number of carbonyl (C=O) groups is 2. The summed E-state index contributed by atoms with van der Waals surface area (Å²) in [4.78, 5) is 25.7. The van der Waals surface area contributed by atoms with E-state index in [1.165, 1.54) is 17.4 Å². The Morgan fingerprint density at radius 3 is 2.46 bits per heavy atom. The van der Waals surface area contributed by atoms with Gasteiger partial charge in [0.1, 0.15) is 17.2 Å². The fraction of sp³-hybridized carbons (Fsp3) is 0.188. The lowest BCUT2D eigenvalue weighted by molar-refractivity contribution is -0.111. The molecule has 0 aliphatic carbocycles. The molecule has 0 atom stereocenters. The standard InChI is InChI=1S/C32H31NO5S/c1-5-37-32(35)30-26(25-14-11-21(2)22(3)17-25)20-39-31(30)33-29(34)16-13-23-12-15-27(28(18-23)36-4)38-19-24-9-7-6-8-10-24/h6-18,20H,5,19H2,1-4H3,(H,33,34)/b16-13+. The molecular formula is C32H31NO5S. The number of ether oxygens (including phenoxy) is 3. The van der Waals surface area contributed by atoms with Crippen molar-refractivity contribution in [2.45, 2.75) is 27.4 Å². The number of amides is 1. The van der Waals surface area contributed by atoms with E-state index in [-0.39, 0.29) is 12.5 Å². The molecule has 1 aromatic heterocycles. The van der Waals surface area contributed by atoms with Crippen molar-refractivity contribution in [2.75, 3.05) is 19.0 Å². The van der Waals surface area contributed by atoms with E-state index < -0.39 is 5.97 Å². The van der Waals surface area contributed by atoms with Crippen LogP contribution in [-0.2, 0) is 16.1 Å². The first-order chi connectivity index (χ1) is 18.9. The molecule has 3 aromatic carbocycles.